The first-order chi connectivity index (χ1) is 16.2. The Balaban J connectivity index is 1.43. The van der Waals surface area contributed by atoms with Crippen LogP contribution in [0, 0.1) is 0 Å². The monoisotopic (exact) mass is 476 g/mol. The summed E-state index contributed by atoms with van der Waals surface area (Å²) in [6, 6.07) is 18.8. The lowest BCUT2D eigenvalue weighted by molar-refractivity contribution is 0.414. The summed E-state index contributed by atoms with van der Waals surface area (Å²) in [4.78, 5) is 4.10. The van der Waals surface area contributed by atoms with Crippen LogP contribution in [0.3, 0.4) is 0 Å². The lowest BCUT2D eigenvalue weighted by Gasteiger charge is -2.10. The molecule has 0 saturated heterocycles. The van der Waals surface area contributed by atoms with Crippen molar-refractivity contribution in [1.82, 2.24) is 29.9 Å². The van der Waals surface area contributed by atoms with Gasteiger partial charge in [0.15, 0.2) is 11.0 Å². The van der Waals surface area contributed by atoms with Gasteiger partial charge in [-0.15, -0.1) is 20.4 Å². The fraction of sp³-hybridized carbons (Fsp3) is 0.0870. The molecule has 8 nitrogen and oxygen atoms in total. The number of rotatable bonds is 7. The fourth-order valence-electron chi connectivity index (χ4n) is 3.16. The Kier molecular flexibility index (Phi) is 6.05. The standard InChI is InChI=1S/C23H17ClN6O2S/c1-31-19-8-6-18(7-9-19)30-21(15-10-12-25-13-11-15)27-29-23(30)33-14-20-26-28-22(32-20)16-2-4-17(24)5-3-16/h2-13H,14H2,1H3. The smallest absolute Gasteiger partial charge is 0.247 e. The summed E-state index contributed by atoms with van der Waals surface area (Å²) in [5, 5.41) is 18.5. The van der Waals surface area contributed by atoms with E-state index < -0.39 is 0 Å². The molecule has 33 heavy (non-hydrogen) atoms. The first kappa shape index (κ1) is 21.2. The maximum Gasteiger partial charge on any atom is 0.247 e. The first-order valence-electron chi connectivity index (χ1n) is 9.92. The van der Waals surface area contributed by atoms with Gasteiger partial charge in [-0.05, 0) is 60.7 Å². The highest BCUT2D eigenvalue weighted by atomic mass is 35.5. The van der Waals surface area contributed by atoms with Gasteiger partial charge in [0.05, 0.1) is 12.9 Å². The van der Waals surface area contributed by atoms with Gasteiger partial charge in [-0.2, -0.15) is 0 Å². The van der Waals surface area contributed by atoms with E-state index in [1.807, 2.05) is 53.1 Å². The Morgan fingerprint density at radius 1 is 0.879 bits per heavy atom. The molecular formula is C23H17ClN6O2S. The number of thioether (sulfide) groups is 1. The van der Waals surface area contributed by atoms with Crippen molar-refractivity contribution in [3.05, 3.63) is 84.0 Å². The predicted molar refractivity (Wildman–Crippen MR) is 125 cm³/mol. The largest absolute Gasteiger partial charge is 0.497 e. The van der Waals surface area contributed by atoms with Crippen LogP contribution in [-0.4, -0.2) is 37.1 Å². The van der Waals surface area contributed by atoms with Crippen LogP contribution < -0.4 is 4.74 Å². The molecule has 0 saturated carbocycles. The Labute approximate surface area is 198 Å². The van der Waals surface area contributed by atoms with Crippen molar-refractivity contribution in [3.8, 4) is 34.3 Å². The second-order valence-electron chi connectivity index (χ2n) is 6.87. The number of nitrogens with zero attached hydrogens (tertiary/aromatic N) is 6. The SMILES string of the molecule is COc1ccc(-n2c(SCc3nnc(-c4ccc(Cl)cc4)o3)nnc2-c2ccncc2)cc1. The molecule has 5 rings (SSSR count). The van der Waals surface area contributed by atoms with Crippen LogP contribution in [0.1, 0.15) is 5.89 Å². The molecule has 5 aromatic rings. The van der Waals surface area contributed by atoms with Crippen LogP contribution in [0.25, 0.3) is 28.5 Å². The summed E-state index contributed by atoms with van der Waals surface area (Å²) in [5.74, 6) is 2.84. The minimum absolute atomic E-state index is 0.436. The maximum atomic E-state index is 5.95. The summed E-state index contributed by atoms with van der Waals surface area (Å²) >= 11 is 7.41. The molecule has 164 valence electrons. The molecule has 0 amide bonds. The number of hydrogen-bond acceptors (Lipinski definition) is 8. The molecule has 0 aliphatic carbocycles. The Bertz CT molecular complexity index is 1350. The zero-order chi connectivity index (χ0) is 22.6. The molecule has 3 heterocycles. The van der Waals surface area contributed by atoms with Crippen LogP contribution in [0.4, 0.5) is 0 Å². The molecule has 0 unspecified atom stereocenters. The lowest BCUT2D eigenvalue weighted by Crippen LogP contribution is -2.00. The highest BCUT2D eigenvalue weighted by Gasteiger charge is 2.18. The van der Waals surface area contributed by atoms with E-state index in [-0.39, 0.29) is 0 Å². The Morgan fingerprint density at radius 3 is 2.36 bits per heavy atom. The first-order valence-corrected chi connectivity index (χ1v) is 11.3. The summed E-state index contributed by atoms with van der Waals surface area (Å²) in [6.07, 6.45) is 3.46. The molecule has 0 atom stereocenters. The Morgan fingerprint density at radius 2 is 1.64 bits per heavy atom. The highest BCUT2D eigenvalue weighted by Crippen LogP contribution is 2.30. The molecular weight excluding hydrogens is 460 g/mol. The van der Waals surface area contributed by atoms with Gasteiger partial charge in [0.2, 0.25) is 11.8 Å². The number of methoxy groups -OCH3 is 1. The summed E-state index contributed by atoms with van der Waals surface area (Å²) in [6.45, 7) is 0. The molecule has 0 spiro atoms. The summed E-state index contributed by atoms with van der Waals surface area (Å²) in [7, 11) is 1.64. The van der Waals surface area contributed by atoms with E-state index in [0.717, 1.165) is 22.6 Å². The van der Waals surface area contributed by atoms with E-state index in [0.29, 0.717) is 33.5 Å². The molecule has 10 heteroatoms. The van der Waals surface area contributed by atoms with Crippen LogP contribution in [0.15, 0.2) is 82.6 Å². The van der Waals surface area contributed by atoms with Gasteiger partial charge in [-0.25, -0.2) is 0 Å². The topological polar surface area (TPSA) is 91.8 Å². The van der Waals surface area contributed by atoms with Gasteiger partial charge in [-0.1, -0.05) is 23.4 Å². The second kappa shape index (κ2) is 9.43. The van der Waals surface area contributed by atoms with Crippen molar-refractivity contribution >= 4 is 23.4 Å². The van der Waals surface area contributed by atoms with E-state index in [4.69, 9.17) is 20.8 Å². The number of pyridine rings is 1. The molecule has 0 radical (unpaired) electrons. The van der Waals surface area contributed by atoms with Crippen molar-refractivity contribution < 1.29 is 9.15 Å². The molecule has 0 aliphatic rings. The van der Waals surface area contributed by atoms with Crippen molar-refractivity contribution in [2.75, 3.05) is 7.11 Å². The van der Waals surface area contributed by atoms with E-state index in [2.05, 4.69) is 25.4 Å². The van der Waals surface area contributed by atoms with Crippen molar-refractivity contribution in [2.45, 2.75) is 10.9 Å². The van der Waals surface area contributed by atoms with Gasteiger partial charge < -0.3 is 9.15 Å². The molecule has 0 aliphatic heterocycles. The fourth-order valence-corrected chi connectivity index (χ4v) is 4.08. The molecule has 0 bridgehead atoms. The van der Waals surface area contributed by atoms with Crippen LogP contribution >= 0.6 is 23.4 Å². The third kappa shape index (κ3) is 4.59. The quantitative estimate of drug-likeness (QED) is 0.291. The zero-order valence-corrected chi connectivity index (χ0v) is 19.0. The van der Waals surface area contributed by atoms with Gasteiger partial charge >= 0.3 is 0 Å². The average Bonchev–Trinajstić information content (AvgIpc) is 3.51. The zero-order valence-electron chi connectivity index (χ0n) is 17.4. The number of halogens is 1. The van der Waals surface area contributed by atoms with Crippen LogP contribution in [-0.2, 0) is 5.75 Å². The Hall–Kier alpha value is -3.69. The van der Waals surface area contributed by atoms with E-state index in [1.54, 1.807) is 31.6 Å². The minimum Gasteiger partial charge on any atom is -0.497 e. The molecule has 0 fully saturated rings. The van der Waals surface area contributed by atoms with Crippen LogP contribution in [0.2, 0.25) is 5.02 Å². The third-order valence-corrected chi connectivity index (χ3v) is 5.95. The van der Waals surface area contributed by atoms with Crippen LogP contribution in [0.5, 0.6) is 5.75 Å². The molecule has 0 N–H and O–H groups in total. The number of benzene rings is 2. The predicted octanol–water partition coefficient (Wildman–Crippen LogP) is 5.33. The maximum absolute atomic E-state index is 5.95. The lowest BCUT2D eigenvalue weighted by atomic mass is 10.2. The van der Waals surface area contributed by atoms with Gasteiger partial charge in [0.1, 0.15) is 5.75 Å². The average molecular weight is 477 g/mol. The number of hydrogen-bond donors (Lipinski definition) is 0. The van der Waals surface area contributed by atoms with E-state index in [9.17, 15) is 0 Å². The normalized spacial score (nSPS) is 11.0. The molecule has 2 aromatic carbocycles. The summed E-state index contributed by atoms with van der Waals surface area (Å²) < 4.78 is 13.1. The van der Waals surface area contributed by atoms with E-state index in [1.165, 1.54) is 11.8 Å². The van der Waals surface area contributed by atoms with Gasteiger partial charge in [0, 0.05) is 34.2 Å². The third-order valence-electron chi connectivity index (χ3n) is 4.79. The van der Waals surface area contributed by atoms with Gasteiger partial charge in [-0.3, -0.25) is 9.55 Å². The van der Waals surface area contributed by atoms with E-state index >= 15 is 0 Å². The number of aromatic nitrogens is 6. The van der Waals surface area contributed by atoms with Crippen molar-refractivity contribution in [2.24, 2.45) is 0 Å². The molecule has 3 aromatic heterocycles. The second-order valence-corrected chi connectivity index (χ2v) is 8.25. The minimum atomic E-state index is 0.436. The highest BCUT2D eigenvalue weighted by molar-refractivity contribution is 7.98. The van der Waals surface area contributed by atoms with Gasteiger partial charge in [0.25, 0.3) is 0 Å². The summed E-state index contributed by atoms with van der Waals surface area (Å²) in [5.41, 5.74) is 2.62. The van der Waals surface area contributed by atoms with Crippen molar-refractivity contribution in [1.29, 1.82) is 0 Å². The van der Waals surface area contributed by atoms with Crippen molar-refractivity contribution in [3.63, 3.8) is 0 Å². The number of ether oxygens (including phenoxy) is 1.